The van der Waals surface area contributed by atoms with Crippen LogP contribution in [0.15, 0.2) is 83.8 Å². The molecular weight excluding hydrogens is 356 g/mol. The Morgan fingerprint density at radius 1 is 0.852 bits per heavy atom. The van der Waals surface area contributed by atoms with E-state index in [-0.39, 0.29) is 0 Å². The number of benzene rings is 3. The first-order chi connectivity index (χ1) is 13.1. The van der Waals surface area contributed by atoms with E-state index in [0.29, 0.717) is 17.1 Å². The lowest BCUT2D eigenvalue weighted by Crippen LogP contribution is -2.42. The molecule has 3 aromatic carbocycles. The second-order valence-electron chi connectivity index (χ2n) is 6.67. The highest BCUT2D eigenvalue weighted by molar-refractivity contribution is 7.89. The third-order valence-electron chi connectivity index (χ3n) is 4.94. The molecule has 1 atom stereocenters. The summed E-state index contributed by atoms with van der Waals surface area (Å²) in [6, 6.07) is 24.9. The van der Waals surface area contributed by atoms with E-state index >= 15 is 0 Å². The maximum Gasteiger partial charge on any atom is 0.247 e. The highest BCUT2D eigenvalue weighted by Crippen LogP contribution is 2.39. The number of nitrogens with zero attached hydrogens (tertiary/aromatic N) is 1. The van der Waals surface area contributed by atoms with Crippen molar-refractivity contribution in [3.63, 3.8) is 0 Å². The maximum absolute atomic E-state index is 13.4. The molecule has 0 saturated heterocycles. The minimum atomic E-state index is -3.62. The maximum atomic E-state index is 13.4. The monoisotopic (exact) mass is 378 g/mol. The fourth-order valence-electron chi connectivity index (χ4n) is 3.42. The zero-order valence-electron chi connectivity index (χ0n) is 15.2. The van der Waals surface area contributed by atoms with Crippen molar-refractivity contribution < 1.29 is 8.42 Å². The summed E-state index contributed by atoms with van der Waals surface area (Å²) in [6.07, 6.45) is 0.503. The Kier molecular flexibility index (Phi) is 4.72. The van der Waals surface area contributed by atoms with Crippen LogP contribution in [0.5, 0.6) is 0 Å². The SMILES string of the molecule is CCc1ccc([C@H]2Nc3ccccc3S(=O)(=O)N2Cc2ccccc2)cc1. The topological polar surface area (TPSA) is 49.4 Å². The van der Waals surface area contributed by atoms with Crippen LogP contribution in [0.2, 0.25) is 0 Å². The molecule has 138 valence electrons. The number of anilines is 1. The fraction of sp³-hybridized carbons (Fsp3) is 0.182. The molecule has 1 heterocycles. The number of rotatable bonds is 4. The number of hydrogen-bond acceptors (Lipinski definition) is 3. The summed E-state index contributed by atoms with van der Waals surface area (Å²) in [4.78, 5) is 0.322. The second-order valence-corrected chi connectivity index (χ2v) is 8.53. The van der Waals surface area contributed by atoms with E-state index in [9.17, 15) is 8.42 Å². The normalized spacial score (nSPS) is 18.5. The Balaban J connectivity index is 1.81. The number of sulfonamides is 1. The molecule has 1 N–H and O–H groups in total. The van der Waals surface area contributed by atoms with Crippen LogP contribution in [0, 0.1) is 0 Å². The Morgan fingerprint density at radius 3 is 2.22 bits per heavy atom. The average Bonchev–Trinajstić information content (AvgIpc) is 2.71. The van der Waals surface area contributed by atoms with Crippen LogP contribution in [0.25, 0.3) is 0 Å². The highest BCUT2D eigenvalue weighted by Gasteiger charge is 2.38. The van der Waals surface area contributed by atoms with Crippen molar-refractivity contribution in [1.82, 2.24) is 4.31 Å². The van der Waals surface area contributed by atoms with Gasteiger partial charge in [0.15, 0.2) is 0 Å². The van der Waals surface area contributed by atoms with Gasteiger partial charge in [-0.05, 0) is 35.2 Å². The highest BCUT2D eigenvalue weighted by atomic mass is 32.2. The Labute approximate surface area is 160 Å². The number of aryl methyl sites for hydroxylation is 1. The van der Waals surface area contributed by atoms with Gasteiger partial charge in [0.25, 0.3) is 0 Å². The predicted molar refractivity (Wildman–Crippen MR) is 108 cm³/mol. The van der Waals surface area contributed by atoms with Gasteiger partial charge in [-0.3, -0.25) is 0 Å². The minimum Gasteiger partial charge on any atom is -0.364 e. The molecule has 1 aliphatic rings. The molecule has 3 aromatic rings. The minimum absolute atomic E-state index is 0.310. The van der Waals surface area contributed by atoms with E-state index in [1.54, 1.807) is 16.4 Å². The van der Waals surface area contributed by atoms with Crippen LogP contribution in [0.1, 0.15) is 29.8 Å². The molecule has 0 amide bonds. The van der Waals surface area contributed by atoms with Crippen LogP contribution in [0.4, 0.5) is 5.69 Å². The van der Waals surface area contributed by atoms with Crippen molar-refractivity contribution in [2.75, 3.05) is 5.32 Å². The Morgan fingerprint density at radius 2 is 1.52 bits per heavy atom. The summed E-state index contributed by atoms with van der Waals surface area (Å²) in [5, 5.41) is 3.42. The lowest BCUT2D eigenvalue weighted by molar-refractivity contribution is 0.336. The summed E-state index contributed by atoms with van der Waals surface area (Å²) in [5.74, 6) is 0. The van der Waals surface area contributed by atoms with Crippen LogP contribution >= 0.6 is 0 Å². The standard InChI is InChI=1S/C22H22N2O2S/c1-2-17-12-14-19(15-13-17)22-23-20-10-6-7-11-21(20)27(25,26)24(22)16-18-8-4-3-5-9-18/h3-15,22-23H,2,16H2,1H3/t22-/m0/s1. The first-order valence-electron chi connectivity index (χ1n) is 9.10. The second kappa shape index (κ2) is 7.18. The lowest BCUT2D eigenvalue weighted by Gasteiger charge is -2.37. The van der Waals surface area contributed by atoms with Crippen molar-refractivity contribution in [1.29, 1.82) is 0 Å². The average molecular weight is 378 g/mol. The van der Waals surface area contributed by atoms with Gasteiger partial charge >= 0.3 is 0 Å². The number of nitrogens with one attached hydrogen (secondary N) is 1. The summed E-state index contributed by atoms with van der Waals surface area (Å²) in [6.45, 7) is 2.42. The number of hydrogen-bond donors (Lipinski definition) is 1. The van der Waals surface area contributed by atoms with E-state index in [4.69, 9.17) is 0 Å². The van der Waals surface area contributed by atoms with E-state index in [1.165, 1.54) is 5.56 Å². The summed E-state index contributed by atoms with van der Waals surface area (Å²) in [5.41, 5.74) is 3.76. The van der Waals surface area contributed by atoms with Crippen LogP contribution in [-0.2, 0) is 23.0 Å². The van der Waals surface area contributed by atoms with Gasteiger partial charge in [-0.25, -0.2) is 8.42 Å². The zero-order chi connectivity index (χ0) is 18.9. The van der Waals surface area contributed by atoms with Gasteiger partial charge in [0.1, 0.15) is 11.1 Å². The third-order valence-corrected chi connectivity index (χ3v) is 6.81. The van der Waals surface area contributed by atoms with E-state index in [2.05, 4.69) is 24.4 Å². The zero-order valence-corrected chi connectivity index (χ0v) is 16.0. The van der Waals surface area contributed by atoms with E-state index < -0.39 is 16.2 Å². The first-order valence-corrected chi connectivity index (χ1v) is 10.5. The molecule has 0 radical (unpaired) electrons. The molecule has 1 aliphatic heterocycles. The summed E-state index contributed by atoms with van der Waals surface area (Å²) < 4.78 is 28.3. The third kappa shape index (κ3) is 3.36. The van der Waals surface area contributed by atoms with Crippen molar-refractivity contribution in [2.45, 2.75) is 31.0 Å². The summed E-state index contributed by atoms with van der Waals surface area (Å²) in [7, 11) is -3.62. The molecule has 4 rings (SSSR count). The molecule has 4 nitrogen and oxygen atoms in total. The molecular formula is C22H22N2O2S. The van der Waals surface area contributed by atoms with Crippen molar-refractivity contribution >= 4 is 15.7 Å². The number of fused-ring (bicyclic) bond motifs is 1. The van der Waals surface area contributed by atoms with Gasteiger partial charge < -0.3 is 5.32 Å². The molecule has 0 fully saturated rings. The largest absolute Gasteiger partial charge is 0.364 e. The molecule has 0 saturated carbocycles. The quantitative estimate of drug-likeness (QED) is 0.724. The van der Waals surface area contributed by atoms with Gasteiger partial charge in [-0.2, -0.15) is 4.31 Å². The van der Waals surface area contributed by atoms with Crippen molar-refractivity contribution in [3.8, 4) is 0 Å². The molecule has 0 aliphatic carbocycles. The molecule has 5 heteroatoms. The predicted octanol–water partition coefficient (Wildman–Crippen LogP) is 4.56. The lowest BCUT2D eigenvalue weighted by atomic mass is 10.1. The smallest absolute Gasteiger partial charge is 0.247 e. The van der Waals surface area contributed by atoms with Crippen LogP contribution in [0.3, 0.4) is 0 Å². The van der Waals surface area contributed by atoms with E-state index in [1.807, 2.05) is 54.6 Å². The van der Waals surface area contributed by atoms with Crippen molar-refractivity contribution in [3.05, 3.63) is 95.6 Å². The van der Waals surface area contributed by atoms with Gasteiger partial charge in [-0.15, -0.1) is 0 Å². The Bertz CT molecular complexity index is 1030. The molecule has 0 unspecified atom stereocenters. The molecule has 27 heavy (non-hydrogen) atoms. The fourth-order valence-corrected chi connectivity index (χ4v) is 5.10. The van der Waals surface area contributed by atoms with Crippen LogP contribution in [-0.4, -0.2) is 12.7 Å². The van der Waals surface area contributed by atoms with Gasteiger partial charge in [0.2, 0.25) is 10.0 Å². The van der Waals surface area contributed by atoms with Crippen molar-refractivity contribution in [2.24, 2.45) is 0 Å². The van der Waals surface area contributed by atoms with Gasteiger partial charge in [0, 0.05) is 6.54 Å². The van der Waals surface area contributed by atoms with Gasteiger partial charge in [-0.1, -0.05) is 73.7 Å². The molecule has 0 bridgehead atoms. The summed E-state index contributed by atoms with van der Waals surface area (Å²) >= 11 is 0. The molecule has 0 aromatic heterocycles. The molecule has 0 spiro atoms. The van der Waals surface area contributed by atoms with Crippen LogP contribution < -0.4 is 5.32 Å². The Hall–Kier alpha value is -2.63. The van der Waals surface area contributed by atoms with E-state index in [0.717, 1.165) is 17.5 Å². The number of para-hydroxylation sites is 1. The first kappa shape index (κ1) is 17.8. The van der Waals surface area contributed by atoms with Gasteiger partial charge in [0.05, 0.1) is 5.69 Å².